The van der Waals surface area contributed by atoms with E-state index in [1.54, 1.807) is 6.08 Å². The van der Waals surface area contributed by atoms with Crippen LogP contribution in [0.15, 0.2) is 109 Å². The highest BCUT2D eigenvalue weighted by Crippen LogP contribution is 2.30. The smallest absolute Gasteiger partial charge is 0.220 e. The van der Waals surface area contributed by atoms with Gasteiger partial charge < -0.3 is 65.1 Å². The first kappa shape index (κ1) is 93.7. The van der Waals surface area contributed by atoms with Crippen LogP contribution in [0.4, 0.5) is 0 Å². The molecule has 0 radical (unpaired) electrons. The number of aliphatic hydroxyl groups excluding tert-OH is 8. The molecule has 2 saturated heterocycles. The topological polar surface area (TPSA) is 228 Å². The summed E-state index contributed by atoms with van der Waals surface area (Å²) in [6.07, 6.45) is 84.7. The molecule has 9 N–H and O–H groups in total. The van der Waals surface area contributed by atoms with Crippen LogP contribution in [0.1, 0.15) is 341 Å². The Hall–Kier alpha value is -3.35. The summed E-state index contributed by atoms with van der Waals surface area (Å²) in [5.74, 6) is -0.250. The maximum atomic E-state index is 13.4. The molecule has 0 bridgehead atoms. The molecular weight excluding hydrogens is 1270 g/mol. The standard InChI is InChI=1S/C87H153NO13/c1-3-5-7-9-11-13-15-17-19-21-23-25-27-29-31-32-33-34-35-36-37-38-39-40-41-42-43-44-45-47-49-51-53-55-57-59-61-63-65-67-69-71-79(92)88-75(74-98-86-84(97)82(95)85(78(73-90)100-86)101-87-83(96)81(94)80(93)77(72-89)99-87)76(91)70-68-66-64-62-60-58-56-54-52-50-48-46-30-28-26-24-22-20-18-16-14-12-10-8-6-4-2/h5,7,11,13,17,19,23,25,29,31,33-34,52,54,60,62,68,70,75-78,80-87,89-91,93-97H,3-4,6,8-10,12,14-16,18,20-22,24,26-28,30,32,35-51,53,55-59,61,63-67,69,71-74H2,1-2H3,(H,88,92)/b7-5-,13-11-,19-17-,25-23-,31-29-,34-33-,54-52+,62-60+,70-68+. The van der Waals surface area contributed by atoms with Gasteiger partial charge in [0.1, 0.15) is 48.8 Å². The van der Waals surface area contributed by atoms with Crippen LogP contribution in [0, 0.1) is 0 Å². The number of nitrogens with one attached hydrogen (secondary N) is 1. The van der Waals surface area contributed by atoms with Gasteiger partial charge in [0.2, 0.25) is 5.91 Å². The highest BCUT2D eigenvalue weighted by atomic mass is 16.7. The van der Waals surface area contributed by atoms with Crippen molar-refractivity contribution in [1.82, 2.24) is 5.32 Å². The Morgan fingerprint density at radius 3 is 1.09 bits per heavy atom. The molecule has 0 aromatic carbocycles. The average molecular weight is 1420 g/mol. The van der Waals surface area contributed by atoms with Crippen molar-refractivity contribution in [2.45, 2.75) is 415 Å². The third-order valence-electron chi connectivity index (χ3n) is 19.7. The van der Waals surface area contributed by atoms with Gasteiger partial charge in [-0.3, -0.25) is 4.79 Å². The fourth-order valence-electron chi connectivity index (χ4n) is 13.2. The van der Waals surface area contributed by atoms with Crippen molar-refractivity contribution in [1.29, 1.82) is 0 Å². The van der Waals surface area contributed by atoms with Gasteiger partial charge in [-0.2, -0.15) is 0 Å². The highest BCUT2D eigenvalue weighted by molar-refractivity contribution is 5.76. The molecule has 2 rings (SSSR count). The number of carbonyl (C=O) groups is 1. The summed E-state index contributed by atoms with van der Waals surface area (Å²) in [6.45, 7) is 2.70. The molecule has 2 fully saturated rings. The number of aliphatic hydroxyl groups is 8. The first-order chi connectivity index (χ1) is 49.6. The van der Waals surface area contributed by atoms with Crippen LogP contribution in [0.25, 0.3) is 0 Å². The lowest BCUT2D eigenvalue weighted by molar-refractivity contribution is -0.359. The van der Waals surface area contributed by atoms with Gasteiger partial charge in [-0.25, -0.2) is 0 Å². The Labute approximate surface area is 616 Å². The third-order valence-corrected chi connectivity index (χ3v) is 19.7. The molecule has 0 aromatic rings. The molecule has 584 valence electrons. The van der Waals surface area contributed by atoms with Gasteiger partial charge in [0, 0.05) is 6.42 Å². The number of hydrogen-bond acceptors (Lipinski definition) is 13. The number of unbranched alkanes of at least 4 members (excludes halogenated alkanes) is 40. The van der Waals surface area contributed by atoms with E-state index in [2.05, 4.69) is 116 Å². The molecule has 1 amide bonds. The van der Waals surface area contributed by atoms with Gasteiger partial charge in [-0.15, -0.1) is 0 Å². The average Bonchev–Trinajstić information content (AvgIpc) is 0.792. The molecular formula is C87H153NO13. The van der Waals surface area contributed by atoms with Crippen molar-refractivity contribution < 1.29 is 64.6 Å². The van der Waals surface area contributed by atoms with Crippen LogP contribution < -0.4 is 5.32 Å². The summed E-state index contributed by atoms with van der Waals surface area (Å²) in [5.41, 5.74) is 0. The molecule has 2 heterocycles. The molecule has 2 aliphatic heterocycles. The molecule has 0 saturated carbocycles. The minimum atomic E-state index is -1.80. The Balaban J connectivity index is 1.59. The van der Waals surface area contributed by atoms with Gasteiger partial charge in [-0.05, 0) is 96.3 Å². The first-order valence-electron chi connectivity index (χ1n) is 41.6. The lowest BCUT2D eigenvalue weighted by Crippen LogP contribution is -2.65. The van der Waals surface area contributed by atoms with E-state index in [9.17, 15) is 45.6 Å². The van der Waals surface area contributed by atoms with Crippen molar-refractivity contribution in [3.63, 3.8) is 0 Å². The van der Waals surface area contributed by atoms with Gasteiger partial charge in [0.25, 0.3) is 0 Å². The van der Waals surface area contributed by atoms with E-state index in [0.29, 0.717) is 12.8 Å². The predicted molar refractivity (Wildman–Crippen MR) is 419 cm³/mol. The zero-order valence-electron chi connectivity index (χ0n) is 64.1. The molecule has 12 unspecified atom stereocenters. The van der Waals surface area contributed by atoms with Crippen LogP contribution in [0.2, 0.25) is 0 Å². The van der Waals surface area contributed by atoms with Crippen molar-refractivity contribution in [3.8, 4) is 0 Å². The molecule has 0 aliphatic carbocycles. The second kappa shape index (κ2) is 69.7. The van der Waals surface area contributed by atoms with E-state index in [0.717, 1.165) is 83.5 Å². The molecule has 12 atom stereocenters. The molecule has 101 heavy (non-hydrogen) atoms. The summed E-state index contributed by atoms with van der Waals surface area (Å²) in [6, 6.07) is -0.943. The fourth-order valence-corrected chi connectivity index (χ4v) is 13.2. The third kappa shape index (κ3) is 52.3. The van der Waals surface area contributed by atoms with Crippen molar-refractivity contribution in [2.24, 2.45) is 0 Å². The van der Waals surface area contributed by atoms with Crippen molar-refractivity contribution in [2.75, 3.05) is 19.8 Å². The minimum Gasteiger partial charge on any atom is -0.394 e. The maximum absolute atomic E-state index is 13.4. The van der Waals surface area contributed by atoms with E-state index in [-0.39, 0.29) is 18.9 Å². The number of ether oxygens (including phenoxy) is 4. The SMILES string of the molecule is CC/C=C\C/C=C\C/C=C\C/C=C\C/C=C\C/C=C\CCCCCCCCCCCCCCCCCCCCCCCCC(=O)NC(COC1OC(CO)C(OC2OC(CO)C(O)C(O)C2O)C(O)C1O)C(O)/C=C/CC/C=C/CC/C=C/CCCCCCCCCCCCCCCCCC. The lowest BCUT2D eigenvalue weighted by atomic mass is 9.97. The summed E-state index contributed by atoms with van der Waals surface area (Å²) in [5, 5.41) is 87.7. The largest absolute Gasteiger partial charge is 0.394 e. The molecule has 2 aliphatic rings. The summed E-state index contributed by atoms with van der Waals surface area (Å²) in [4.78, 5) is 13.4. The first-order valence-corrected chi connectivity index (χ1v) is 41.6. The predicted octanol–water partition coefficient (Wildman–Crippen LogP) is 19.4. The van der Waals surface area contributed by atoms with Crippen LogP contribution >= 0.6 is 0 Å². The normalized spacial score (nSPS) is 22.3. The molecule has 14 nitrogen and oxygen atoms in total. The minimum absolute atomic E-state index is 0.250. The number of rotatable bonds is 69. The zero-order chi connectivity index (χ0) is 73.0. The number of carbonyl (C=O) groups excluding carboxylic acids is 1. The second-order valence-corrected chi connectivity index (χ2v) is 28.9. The summed E-state index contributed by atoms with van der Waals surface area (Å²) in [7, 11) is 0. The Morgan fingerprint density at radius 1 is 0.366 bits per heavy atom. The fraction of sp³-hybridized carbons (Fsp3) is 0.782. The molecule has 14 heteroatoms. The lowest BCUT2D eigenvalue weighted by Gasteiger charge is -2.46. The van der Waals surface area contributed by atoms with Gasteiger partial charge in [0.15, 0.2) is 12.6 Å². The van der Waals surface area contributed by atoms with Gasteiger partial charge >= 0.3 is 0 Å². The Morgan fingerprint density at radius 2 is 0.693 bits per heavy atom. The van der Waals surface area contributed by atoms with E-state index >= 15 is 0 Å². The molecule has 0 spiro atoms. The number of amides is 1. The van der Waals surface area contributed by atoms with Crippen LogP contribution in [-0.4, -0.2) is 140 Å². The van der Waals surface area contributed by atoms with Crippen LogP contribution in [-0.2, 0) is 23.7 Å². The van der Waals surface area contributed by atoms with Crippen LogP contribution in [0.5, 0.6) is 0 Å². The van der Waals surface area contributed by atoms with E-state index in [1.807, 2.05) is 6.08 Å². The summed E-state index contributed by atoms with van der Waals surface area (Å²) >= 11 is 0. The number of allylic oxidation sites excluding steroid dienone is 17. The zero-order valence-corrected chi connectivity index (χ0v) is 64.1. The van der Waals surface area contributed by atoms with E-state index in [4.69, 9.17) is 18.9 Å². The van der Waals surface area contributed by atoms with E-state index < -0.39 is 86.8 Å². The monoisotopic (exact) mass is 1420 g/mol. The Bertz CT molecular complexity index is 2120. The van der Waals surface area contributed by atoms with Crippen LogP contribution in [0.3, 0.4) is 0 Å². The Kier molecular flexibility index (Phi) is 64.7. The summed E-state index contributed by atoms with van der Waals surface area (Å²) < 4.78 is 22.9. The van der Waals surface area contributed by atoms with Gasteiger partial charge in [-0.1, -0.05) is 348 Å². The van der Waals surface area contributed by atoms with Gasteiger partial charge in [0.05, 0.1) is 32.0 Å². The second-order valence-electron chi connectivity index (χ2n) is 28.9. The molecule has 0 aromatic heterocycles. The highest BCUT2D eigenvalue weighted by Gasteiger charge is 2.51. The number of hydrogen-bond donors (Lipinski definition) is 9. The maximum Gasteiger partial charge on any atom is 0.220 e. The van der Waals surface area contributed by atoms with Crippen molar-refractivity contribution >= 4 is 5.91 Å². The van der Waals surface area contributed by atoms with E-state index in [1.165, 1.54) is 225 Å². The quantitative estimate of drug-likeness (QED) is 0.0204. The van der Waals surface area contributed by atoms with Crippen molar-refractivity contribution in [3.05, 3.63) is 109 Å².